The Morgan fingerprint density at radius 2 is 1.70 bits per heavy atom. The highest BCUT2D eigenvalue weighted by Gasteiger charge is 2.27. The molecule has 0 saturated carbocycles. The van der Waals surface area contributed by atoms with Crippen LogP contribution in [0.25, 0.3) is 10.8 Å². The van der Waals surface area contributed by atoms with E-state index in [1.807, 2.05) is 30.3 Å². The van der Waals surface area contributed by atoms with Crippen molar-refractivity contribution >= 4 is 19.4 Å². The molecule has 2 aromatic carbocycles. The van der Waals surface area contributed by atoms with Gasteiger partial charge in [0.15, 0.2) is 0 Å². The van der Waals surface area contributed by atoms with Crippen LogP contribution in [-0.2, 0) is 4.52 Å². The first-order chi connectivity index (χ1) is 9.90. The lowest BCUT2D eigenvalue weighted by atomic mass is 10.1. The fraction of sp³-hybridized carbons (Fsp3) is 0.125. The molecule has 0 radical (unpaired) electrons. The molecule has 0 unspecified atom stereocenters. The third-order valence-electron chi connectivity index (χ3n) is 3.31. The summed E-state index contributed by atoms with van der Waals surface area (Å²) >= 11 is 0. The van der Waals surface area contributed by atoms with Crippen LogP contribution in [0.1, 0.15) is 12.8 Å². The van der Waals surface area contributed by atoms with Crippen molar-refractivity contribution in [3.05, 3.63) is 60.4 Å². The Morgan fingerprint density at radius 3 is 2.35 bits per heavy atom. The standard InChI is InChI=1S/C16H13O3P/c1-2-8-13(9-3-1)17-20-18-14-10-4-6-12-7-5-11-15(19-20)16(12)14/h2,4-11H,1,3H2. The van der Waals surface area contributed by atoms with Gasteiger partial charge < -0.3 is 13.6 Å². The third kappa shape index (κ3) is 2.04. The van der Waals surface area contributed by atoms with Crippen LogP contribution < -0.4 is 9.05 Å². The van der Waals surface area contributed by atoms with E-state index in [0.29, 0.717) is 0 Å². The summed E-state index contributed by atoms with van der Waals surface area (Å²) in [4.78, 5) is 0. The van der Waals surface area contributed by atoms with Crippen LogP contribution in [0.15, 0.2) is 60.4 Å². The molecule has 1 aliphatic carbocycles. The smallest absolute Gasteiger partial charge is 0.409 e. The fourth-order valence-electron chi connectivity index (χ4n) is 2.38. The molecule has 1 heterocycles. The molecule has 1 aliphatic heterocycles. The molecule has 3 nitrogen and oxygen atoms in total. The van der Waals surface area contributed by atoms with Gasteiger partial charge in [0.1, 0.15) is 17.3 Å². The minimum atomic E-state index is -1.43. The molecule has 0 atom stereocenters. The summed E-state index contributed by atoms with van der Waals surface area (Å²) in [5, 5.41) is 2.14. The second-order valence-corrected chi connectivity index (χ2v) is 5.69. The van der Waals surface area contributed by atoms with E-state index in [0.717, 1.165) is 40.9 Å². The van der Waals surface area contributed by atoms with E-state index < -0.39 is 8.60 Å². The average molecular weight is 284 g/mol. The Bertz CT molecular complexity index is 680. The van der Waals surface area contributed by atoms with Crippen LogP contribution in [0.3, 0.4) is 0 Å². The van der Waals surface area contributed by atoms with Crippen molar-refractivity contribution in [2.45, 2.75) is 12.8 Å². The van der Waals surface area contributed by atoms with Crippen molar-refractivity contribution in [2.75, 3.05) is 0 Å². The quantitative estimate of drug-likeness (QED) is 0.719. The largest absolute Gasteiger partial charge is 0.530 e. The van der Waals surface area contributed by atoms with Crippen molar-refractivity contribution < 1.29 is 13.6 Å². The second-order valence-electron chi connectivity index (χ2n) is 4.69. The van der Waals surface area contributed by atoms with Gasteiger partial charge in [0.2, 0.25) is 0 Å². The van der Waals surface area contributed by atoms with Crippen LogP contribution in [0.4, 0.5) is 0 Å². The Hall–Kier alpha value is -1.99. The lowest BCUT2D eigenvalue weighted by Crippen LogP contribution is -2.05. The maximum absolute atomic E-state index is 5.85. The summed E-state index contributed by atoms with van der Waals surface area (Å²) < 4.78 is 17.5. The Balaban J connectivity index is 1.65. The van der Waals surface area contributed by atoms with Crippen LogP contribution in [-0.4, -0.2) is 0 Å². The zero-order valence-corrected chi connectivity index (χ0v) is 11.7. The minimum Gasteiger partial charge on any atom is -0.409 e. The van der Waals surface area contributed by atoms with Gasteiger partial charge in [0.05, 0.1) is 5.39 Å². The Morgan fingerprint density at radius 1 is 0.950 bits per heavy atom. The predicted octanol–water partition coefficient (Wildman–Crippen LogP) is 5.09. The van der Waals surface area contributed by atoms with E-state index in [1.165, 1.54) is 0 Å². The Labute approximate surface area is 118 Å². The number of allylic oxidation sites excluding steroid dienone is 3. The van der Waals surface area contributed by atoms with E-state index in [1.54, 1.807) is 0 Å². The molecule has 4 heteroatoms. The summed E-state index contributed by atoms with van der Waals surface area (Å²) in [5.74, 6) is 2.49. The van der Waals surface area contributed by atoms with Crippen LogP contribution in [0.2, 0.25) is 0 Å². The molecular formula is C16H13O3P. The van der Waals surface area contributed by atoms with Gasteiger partial charge in [-0.05, 0) is 42.5 Å². The highest BCUT2D eigenvalue weighted by Crippen LogP contribution is 2.52. The van der Waals surface area contributed by atoms with Gasteiger partial charge in [-0.2, -0.15) is 0 Å². The normalized spacial score (nSPS) is 17.3. The fourth-order valence-corrected chi connectivity index (χ4v) is 3.43. The van der Waals surface area contributed by atoms with E-state index in [4.69, 9.17) is 13.6 Å². The van der Waals surface area contributed by atoms with Crippen molar-refractivity contribution in [2.24, 2.45) is 0 Å². The molecular weight excluding hydrogens is 271 g/mol. The maximum atomic E-state index is 5.85. The van der Waals surface area contributed by atoms with Gasteiger partial charge in [-0.3, -0.25) is 0 Å². The average Bonchev–Trinajstić information content (AvgIpc) is 2.49. The lowest BCUT2D eigenvalue weighted by molar-refractivity contribution is 0.332. The molecule has 0 spiro atoms. The van der Waals surface area contributed by atoms with Crippen molar-refractivity contribution in [1.29, 1.82) is 0 Å². The van der Waals surface area contributed by atoms with Gasteiger partial charge in [-0.1, -0.05) is 30.3 Å². The van der Waals surface area contributed by atoms with E-state index >= 15 is 0 Å². The number of benzene rings is 2. The van der Waals surface area contributed by atoms with E-state index in [2.05, 4.69) is 24.3 Å². The summed E-state index contributed by atoms with van der Waals surface area (Å²) in [5.41, 5.74) is 0. The molecule has 2 aliphatic rings. The first-order valence-electron chi connectivity index (χ1n) is 6.63. The molecule has 0 N–H and O–H groups in total. The summed E-state index contributed by atoms with van der Waals surface area (Å²) in [6.07, 6.45) is 8.20. The highest BCUT2D eigenvalue weighted by molar-refractivity contribution is 7.43. The number of hydrogen-bond acceptors (Lipinski definition) is 3. The molecule has 20 heavy (non-hydrogen) atoms. The van der Waals surface area contributed by atoms with Gasteiger partial charge in [0, 0.05) is 0 Å². The molecule has 0 aromatic heterocycles. The van der Waals surface area contributed by atoms with Gasteiger partial charge in [-0.15, -0.1) is 0 Å². The molecule has 100 valence electrons. The number of hydrogen-bond donors (Lipinski definition) is 0. The molecule has 4 rings (SSSR count). The van der Waals surface area contributed by atoms with Crippen molar-refractivity contribution in [1.82, 2.24) is 0 Å². The SMILES string of the molecule is C1=CC(OP2Oc3cccc4cccc(c34)O2)=CCC1. The topological polar surface area (TPSA) is 27.7 Å². The molecule has 0 amide bonds. The van der Waals surface area contributed by atoms with Crippen LogP contribution in [0.5, 0.6) is 11.5 Å². The molecule has 2 aromatic rings. The lowest BCUT2D eigenvalue weighted by Gasteiger charge is -2.24. The van der Waals surface area contributed by atoms with E-state index in [-0.39, 0.29) is 0 Å². The first kappa shape index (κ1) is 11.8. The minimum absolute atomic E-state index is 0.828. The predicted molar refractivity (Wildman–Crippen MR) is 79.7 cm³/mol. The number of rotatable bonds is 2. The molecule has 0 saturated heterocycles. The third-order valence-corrected chi connectivity index (χ3v) is 4.37. The second kappa shape index (κ2) is 4.84. The Kier molecular flexibility index (Phi) is 2.86. The van der Waals surface area contributed by atoms with Gasteiger partial charge >= 0.3 is 8.60 Å². The summed E-state index contributed by atoms with van der Waals surface area (Å²) in [6.45, 7) is 0. The van der Waals surface area contributed by atoms with Gasteiger partial charge in [-0.25, -0.2) is 0 Å². The molecule has 0 bridgehead atoms. The van der Waals surface area contributed by atoms with E-state index in [9.17, 15) is 0 Å². The zero-order valence-electron chi connectivity index (χ0n) is 10.8. The monoisotopic (exact) mass is 284 g/mol. The van der Waals surface area contributed by atoms with Crippen LogP contribution >= 0.6 is 8.60 Å². The maximum Gasteiger partial charge on any atom is 0.530 e. The summed E-state index contributed by atoms with van der Waals surface area (Å²) in [6, 6.07) is 12.0. The first-order valence-corrected chi connectivity index (χ1v) is 7.72. The van der Waals surface area contributed by atoms with Gasteiger partial charge in [0.25, 0.3) is 0 Å². The van der Waals surface area contributed by atoms with Crippen LogP contribution in [0, 0.1) is 0 Å². The zero-order chi connectivity index (χ0) is 13.4. The highest BCUT2D eigenvalue weighted by atomic mass is 31.2. The molecule has 0 fully saturated rings. The van der Waals surface area contributed by atoms with Crippen molar-refractivity contribution in [3.63, 3.8) is 0 Å². The van der Waals surface area contributed by atoms with Crippen molar-refractivity contribution in [3.8, 4) is 11.5 Å². The summed E-state index contributed by atoms with van der Waals surface area (Å²) in [7, 11) is -1.43.